The highest BCUT2D eigenvalue weighted by atomic mass is 127. The second-order valence-corrected chi connectivity index (χ2v) is 37.5. The molecule has 26 nitrogen and oxygen atoms in total. The molecule has 5 heterocycles. The Labute approximate surface area is 863 Å². The summed E-state index contributed by atoms with van der Waals surface area (Å²) < 4.78 is 104. The number of methoxy groups -OCH3 is 4. The lowest BCUT2D eigenvalue weighted by Crippen LogP contribution is -2.45. The van der Waals surface area contributed by atoms with Gasteiger partial charge in [0.2, 0.25) is 0 Å². The first-order chi connectivity index (χ1) is 68.5. The highest BCUT2D eigenvalue weighted by Crippen LogP contribution is 2.41. The molecule has 0 spiro atoms. The minimum absolute atomic E-state index is 0.00542. The van der Waals surface area contributed by atoms with E-state index in [-0.39, 0.29) is 100 Å². The van der Waals surface area contributed by atoms with Crippen LogP contribution in [0.4, 0.5) is 17.6 Å². The SMILES string of the molecule is CCOC(=O)CCCN[C@@H](Cn1c(=O)c(-c2cccc(OC)c2Cl)c(C)n(Cc2c(C)cccc2F)c1=O)c1ccccc1.COc1cccc(-c2c(C)n(Cc3c(C)cccc3F)c(=O)[nH]c2=O)c1Cl.COc1cccc(-c2c(C)n(Cc3c(C)cccc3F)c(=O)n(C[C@H](N)c3ccccc3)c2=O)c1Cl.COc1cccc(B2OC(C)(C)C(C)(C)O2)c1Cl.Cc1cccc(F)c1Cn1c(C)c(I)c(=O)[nH]c1=O. The van der Waals surface area contributed by atoms with E-state index < -0.39 is 81.6 Å². The van der Waals surface area contributed by atoms with Gasteiger partial charge in [-0.2, -0.15) is 0 Å². The lowest BCUT2D eigenvalue weighted by Gasteiger charge is -2.32. The molecule has 756 valence electrons. The summed E-state index contributed by atoms with van der Waals surface area (Å²) in [6, 6.07) is 57.4. The molecule has 5 N–H and O–H groups in total. The third kappa shape index (κ3) is 25.5. The van der Waals surface area contributed by atoms with Crippen molar-refractivity contribution in [3.63, 3.8) is 0 Å². The number of nitrogens with one attached hydrogen (secondary N) is 3. The van der Waals surface area contributed by atoms with Crippen molar-refractivity contribution in [1.29, 1.82) is 0 Å². The van der Waals surface area contributed by atoms with Gasteiger partial charge >= 0.3 is 35.8 Å². The largest absolute Gasteiger partial charge is 0.496 e. The number of nitrogens with two attached hydrogens (primary N) is 1. The van der Waals surface area contributed by atoms with E-state index in [0.717, 1.165) is 26.7 Å². The van der Waals surface area contributed by atoms with Gasteiger partial charge in [0.25, 0.3) is 22.2 Å². The zero-order valence-electron chi connectivity index (χ0n) is 82.6. The number of aromatic nitrogens is 8. The number of ether oxygens (including phenoxy) is 5. The van der Waals surface area contributed by atoms with Gasteiger partial charge in [-0.25, -0.2) is 36.7 Å². The fourth-order valence-electron chi connectivity index (χ4n) is 16.4. The third-order valence-electron chi connectivity index (χ3n) is 25.4. The average molecular weight is 2160 g/mol. The number of hydrogen-bond donors (Lipinski definition) is 4. The summed E-state index contributed by atoms with van der Waals surface area (Å²) in [5.41, 5.74) is 11.8. The second-order valence-electron chi connectivity index (χ2n) is 34.9. The molecule has 0 aliphatic carbocycles. The van der Waals surface area contributed by atoms with Crippen molar-refractivity contribution in [2.24, 2.45) is 5.73 Å². The summed E-state index contributed by atoms with van der Waals surface area (Å²) in [6.45, 7) is 24.2. The van der Waals surface area contributed by atoms with E-state index in [2.05, 4.69) is 15.3 Å². The van der Waals surface area contributed by atoms with E-state index in [0.29, 0.717) is 130 Å². The molecule has 10 aromatic carbocycles. The van der Waals surface area contributed by atoms with Crippen LogP contribution in [0.2, 0.25) is 20.1 Å². The topological polar surface area (TPSA) is 317 Å². The molecule has 1 saturated heterocycles. The number of nitrogens with zero attached hydrogens (tertiary/aromatic N) is 6. The molecule has 0 radical (unpaired) electrons. The zero-order chi connectivity index (χ0) is 105. The van der Waals surface area contributed by atoms with Crippen molar-refractivity contribution in [2.75, 3.05) is 41.6 Å². The van der Waals surface area contributed by atoms with E-state index in [1.807, 2.05) is 129 Å². The first-order valence-corrected chi connectivity index (χ1v) is 48.4. The van der Waals surface area contributed by atoms with Crippen molar-refractivity contribution >= 4 is 87.5 Å². The highest BCUT2D eigenvalue weighted by molar-refractivity contribution is 14.1. The van der Waals surface area contributed by atoms with Crippen LogP contribution in [0.3, 0.4) is 0 Å². The zero-order valence-corrected chi connectivity index (χ0v) is 87.8. The molecule has 15 rings (SSSR count). The molecule has 0 bridgehead atoms. The molecule has 0 unspecified atom stereocenters. The predicted octanol–water partition coefficient (Wildman–Crippen LogP) is 18.9. The number of rotatable bonds is 28. The lowest BCUT2D eigenvalue weighted by atomic mass is 9.79. The third-order valence-corrected chi connectivity index (χ3v) is 28.2. The number of esters is 1. The normalized spacial score (nSPS) is 12.7. The van der Waals surface area contributed by atoms with Crippen LogP contribution >= 0.6 is 69.0 Å². The molecule has 2 atom stereocenters. The fraction of sp³-hybridized carbons (Fsp3) is 0.287. The summed E-state index contributed by atoms with van der Waals surface area (Å²) in [5, 5.41) is 4.68. The summed E-state index contributed by atoms with van der Waals surface area (Å²) in [6.07, 6.45) is 0.743. The number of carbonyl (C=O) groups is 1. The quantitative estimate of drug-likeness (QED) is 0.0116. The molecular formula is C108H112BCl4F4IN10O16. The van der Waals surface area contributed by atoms with E-state index >= 15 is 4.39 Å². The van der Waals surface area contributed by atoms with Crippen LogP contribution in [-0.4, -0.2) is 103 Å². The fourth-order valence-corrected chi connectivity index (χ4v) is 18.0. The first-order valence-electron chi connectivity index (χ1n) is 45.8. The van der Waals surface area contributed by atoms with Crippen LogP contribution in [0.15, 0.2) is 245 Å². The summed E-state index contributed by atoms with van der Waals surface area (Å²) in [5.74, 6) is -0.112. The maximum Gasteiger partial charge on any atom is 0.496 e. The highest BCUT2D eigenvalue weighted by Gasteiger charge is 2.52. The van der Waals surface area contributed by atoms with Gasteiger partial charge < -0.3 is 44.0 Å². The maximum absolute atomic E-state index is 15.0. The van der Waals surface area contributed by atoms with E-state index in [4.69, 9.17) is 85.1 Å². The van der Waals surface area contributed by atoms with Crippen LogP contribution in [0.25, 0.3) is 33.4 Å². The second kappa shape index (κ2) is 49.6. The van der Waals surface area contributed by atoms with E-state index in [9.17, 15) is 56.3 Å². The number of halogens is 9. The van der Waals surface area contributed by atoms with Gasteiger partial charge in [0.05, 0.1) is 132 Å². The maximum atomic E-state index is 15.0. The van der Waals surface area contributed by atoms with Gasteiger partial charge in [-0.1, -0.05) is 204 Å². The number of aryl methyl sites for hydroxylation is 4. The molecule has 1 aliphatic rings. The first kappa shape index (κ1) is 111. The Kier molecular flexibility index (Phi) is 38.4. The van der Waals surface area contributed by atoms with Gasteiger partial charge in [0, 0.05) is 79.6 Å². The number of H-pyrrole nitrogens is 2. The van der Waals surface area contributed by atoms with Crippen LogP contribution < -0.4 is 80.5 Å². The Morgan fingerprint density at radius 1 is 0.431 bits per heavy atom. The molecule has 0 saturated carbocycles. The van der Waals surface area contributed by atoms with Gasteiger partial charge in [0.1, 0.15) is 46.3 Å². The number of carbonyl (C=O) groups excluding carboxylic acids is 1. The smallest absolute Gasteiger partial charge is 0.495 e. The Morgan fingerprint density at radius 2 is 0.771 bits per heavy atom. The summed E-state index contributed by atoms with van der Waals surface area (Å²) in [7, 11) is 5.57. The number of hydrogen-bond acceptors (Lipinski definition) is 18. The Bertz CT molecular complexity index is 7490. The van der Waals surface area contributed by atoms with Crippen molar-refractivity contribution in [2.45, 2.75) is 165 Å². The van der Waals surface area contributed by atoms with Crippen LogP contribution in [0.1, 0.15) is 138 Å². The summed E-state index contributed by atoms with van der Waals surface area (Å²) in [4.78, 5) is 120. The lowest BCUT2D eigenvalue weighted by molar-refractivity contribution is -0.143. The Balaban J connectivity index is 0.000000178. The molecular weight excluding hydrogens is 2050 g/mol. The molecule has 0 amide bonds. The van der Waals surface area contributed by atoms with Crippen molar-refractivity contribution < 1.29 is 55.3 Å². The van der Waals surface area contributed by atoms with Crippen molar-refractivity contribution in [3.05, 3.63) is 415 Å². The summed E-state index contributed by atoms with van der Waals surface area (Å²) >= 11 is 27.8. The number of benzene rings is 10. The minimum Gasteiger partial charge on any atom is -0.495 e. The van der Waals surface area contributed by atoms with Gasteiger partial charge in [-0.3, -0.25) is 61.3 Å². The minimum atomic E-state index is -0.614. The molecule has 4 aromatic heterocycles. The molecule has 36 heteroatoms. The van der Waals surface area contributed by atoms with E-state index in [1.165, 1.54) is 68.4 Å². The Hall–Kier alpha value is -12.9. The van der Waals surface area contributed by atoms with Crippen LogP contribution in [0, 0.1) is 82.2 Å². The van der Waals surface area contributed by atoms with Gasteiger partial charge in [-0.05, 0) is 207 Å². The predicted molar refractivity (Wildman–Crippen MR) is 566 cm³/mol. The van der Waals surface area contributed by atoms with Crippen molar-refractivity contribution in [3.8, 4) is 56.4 Å². The standard InChI is InChI=1S/C34H37ClFN3O5.C28H27ClFN3O3.C20H18ClFN2O3.C13H18BClO3.C13H12FIN2O2/c1-5-44-30(40)18-11-19-37-28(24-13-7-6-8-14-24)21-39-33(41)31(25-15-10-17-29(43-4)32(25)35)23(3)38(34(39)42)20-26-22(2)12-9-16-27(26)36;1-17-9-7-13-22(30)21(17)15-32-18(2)25(20-12-8-14-24(36-3)26(20)29)27(34)33(28(32)35)16-23(31)19-10-5-4-6-11-19;1-11-6-4-8-15(22)14(11)10-24-12(2)17(19(25)23-20(24)26)13-7-5-9-16(27-3)18(13)21;1-12(2)13(3,4)18-14(17-12)9-7-6-8-10(16-5)11(9)15;1-7-4-3-5-10(14)9(7)6-17-8(2)11(15)12(18)16-13(17)19/h6-10,12-17,28,37H,5,11,18-21H2,1-4H3;4-14,23H,15-16,31H2,1-3H3;4-9H,10H2,1-3H3,(H,23,25,26);6-8H,1-5H3;3-5H,6H2,1-2H3,(H,16,18,19)/t28-;23-;;;/m00.../s1. The molecule has 1 aliphatic heterocycles. The van der Waals surface area contributed by atoms with E-state index in [1.54, 1.807) is 173 Å². The van der Waals surface area contributed by atoms with Gasteiger partial charge in [0.15, 0.2) is 0 Å². The Morgan fingerprint density at radius 3 is 1.16 bits per heavy atom. The van der Waals surface area contributed by atoms with Crippen LogP contribution in [0.5, 0.6) is 23.0 Å². The molecule has 144 heavy (non-hydrogen) atoms. The molecule has 1 fully saturated rings. The van der Waals surface area contributed by atoms with Crippen molar-refractivity contribution in [1.82, 2.24) is 42.7 Å². The van der Waals surface area contributed by atoms with Crippen LogP contribution in [-0.2, 0) is 58.1 Å². The molecule has 14 aromatic rings. The number of aromatic amines is 2. The average Bonchev–Trinajstić information content (AvgIpc) is 1.11. The van der Waals surface area contributed by atoms with Gasteiger partial charge in [-0.15, -0.1) is 0 Å². The monoisotopic (exact) mass is 2160 g/mol.